The molecule has 2 rings (SSSR count). The van der Waals surface area contributed by atoms with Gasteiger partial charge in [0, 0.05) is 0 Å². The number of aliphatic carboxylic acids is 1. The summed E-state index contributed by atoms with van der Waals surface area (Å²) in [6.45, 7) is 2.29. The van der Waals surface area contributed by atoms with Crippen LogP contribution in [-0.2, 0) is 4.79 Å². The summed E-state index contributed by atoms with van der Waals surface area (Å²) in [7, 11) is 0. The van der Waals surface area contributed by atoms with Crippen LogP contribution in [0, 0.1) is 0 Å². The smallest absolute Gasteiger partial charge is 0.329 e. The van der Waals surface area contributed by atoms with Gasteiger partial charge in [0.05, 0.1) is 12.2 Å². The first-order valence-corrected chi connectivity index (χ1v) is 6.87. The Morgan fingerprint density at radius 1 is 1.30 bits per heavy atom. The van der Waals surface area contributed by atoms with E-state index in [-0.39, 0.29) is 0 Å². The Kier molecular flexibility index (Phi) is 4.27. The Balaban J connectivity index is 2.21. The van der Waals surface area contributed by atoms with Crippen molar-refractivity contribution in [2.75, 3.05) is 6.61 Å². The number of hydrogen-bond acceptors (Lipinski definition) is 3. The molecule has 0 aliphatic heterocycles. The van der Waals surface area contributed by atoms with Crippen molar-refractivity contribution in [2.24, 2.45) is 0 Å². The zero-order valence-electron chi connectivity index (χ0n) is 11.5. The number of amides is 1. The van der Waals surface area contributed by atoms with Crippen LogP contribution in [0.2, 0.25) is 0 Å². The molecule has 1 saturated carbocycles. The largest absolute Gasteiger partial charge is 0.493 e. The number of carbonyl (C=O) groups excluding carboxylic acids is 1. The van der Waals surface area contributed by atoms with Crippen LogP contribution in [0.3, 0.4) is 0 Å². The molecule has 5 heteroatoms. The molecule has 5 nitrogen and oxygen atoms in total. The fourth-order valence-electron chi connectivity index (χ4n) is 2.59. The zero-order valence-corrected chi connectivity index (χ0v) is 11.5. The highest BCUT2D eigenvalue weighted by Gasteiger charge is 2.42. The number of carboxylic acids is 1. The van der Waals surface area contributed by atoms with Crippen LogP contribution in [0.25, 0.3) is 0 Å². The van der Waals surface area contributed by atoms with Crippen LogP contribution in [0.4, 0.5) is 0 Å². The highest BCUT2D eigenvalue weighted by Crippen LogP contribution is 2.31. The Labute approximate surface area is 117 Å². The molecule has 0 heterocycles. The van der Waals surface area contributed by atoms with Crippen LogP contribution >= 0.6 is 0 Å². The summed E-state index contributed by atoms with van der Waals surface area (Å²) in [4.78, 5) is 23.8. The maximum atomic E-state index is 12.4. The van der Waals surface area contributed by atoms with Crippen molar-refractivity contribution in [2.45, 2.75) is 38.1 Å². The van der Waals surface area contributed by atoms with Gasteiger partial charge >= 0.3 is 5.97 Å². The first kappa shape index (κ1) is 14.4. The SMILES string of the molecule is CCOc1ccccc1C(=O)NC1(C(=O)O)CCCC1. The normalized spacial score (nSPS) is 16.6. The first-order valence-electron chi connectivity index (χ1n) is 6.87. The van der Waals surface area contributed by atoms with Gasteiger partial charge in [0.25, 0.3) is 5.91 Å². The molecule has 0 bridgehead atoms. The van der Waals surface area contributed by atoms with E-state index in [0.29, 0.717) is 30.8 Å². The van der Waals surface area contributed by atoms with Gasteiger partial charge in [-0.3, -0.25) is 4.79 Å². The number of nitrogens with one attached hydrogen (secondary N) is 1. The number of carboxylic acid groups (broad SMARTS) is 1. The van der Waals surface area contributed by atoms with Gasteiger partial charge in [0.2, 0.25) is 0 Å². The van der Waals surface area contributed by atoms with Crippen LogP contribution in [0.15, 0.2) is 24.3 Å². The maximum Gasteiger partial charge on any atom is 0.329 e. The highest BCUT2D eigenvalue weighted by molar-refractivity contribution is 6.00. The molecule has 1 amide bonds. The van der Waals surface area contributed by atoms with Crippen LogP contribution in [0.1, 0.15) is 43.0 Å². The van der Waals surface area contributed by atoms with E-state index in [1.54, 1.807) is 24.3 Å². The van der Waals surface area contributed by atoms with E-state index in [1.165, 1.54) is 0 Å². The molecule has 0 radical (unpaired) electrons. The van der Waals surface area contributed by atoms with E-state index in [1.807, 2.05) is 6.92 Å². The molecule has 0 spiro atoms. The van der Waals surface area contributed by atoms with Gasteiger partial charge in [-0.1, -0.05) is 25.0 Å². The molecule has 0 saturated heterocycles. The fraction of sp³-hybridized carbons (Fsp3) is 0.467. The van der Waals surface area contributed by atoms with Crippen LogP contribution < -0.4 is 10.1 Å². The number of para-hydroxylation sites is 1. The van der Waals surface area contributed by atoms with Gasteiger partial charge in [0.15, 0.2) is 0 Å². The lowest BCUT2D eigenvalue weighted by molar-refractivity contribution is -0.144. The molecule has 1 aromatic carbocycles. The van der Waals surface area contributed by atoms with E-state index in [0.717, 1.165) is 12.8 Å². The second kappa shape index (κ2) is 5.94. The maximum absolute atomic E-state index is 12.4. The van der Waals surface area contributed by atoms with Crippen LogP contribution in [-0.4, -0.2) is 29.1 Å². The Bertz CT molecular complexity index is 506. The molecule has 1 aliphatic rings. The molecular formula is C15H19NO4. The number of carbonyl (C=O) groups is 2. The lowest BCUT2D eigenvalue weighted by Crippen LogP contribution is -2.52. The van der Waals surface area contributed by atoms with Crippen molar-refractivity contribution in [1.29, 1.82) is 0 Å². The number of benzene rings is 1. The predicted octanol–water partition coefficient (Wildman–Crippen LogP) is 2.21. The monoisotopic (exact) mass is 277 g/mol. The lowest BCUT2D eigenvalue weighted by Gasteiger charge is -2.25. The second-order valence-corrected chi connectivity index (χ2v) is 4.98. The van der Waals surface area contributed by atoms with Gasteiger partial charge in [0.1, 0.15) is 11.3 Å². The molecule has 2 N–H and O–H groups in total. The first-order chi connectivity index (χ1) is 9.59. The van der Waals surface area contributed by atoms with Crippen molar-refractivity contribution >= 4 is 11.9 Å². The van der Waals surface area contributed by atoms with E-state index >= 15 is 0 Å². The second-order valence-electron chi connectivity index (χ2n) is 4.98. The summed E-state index contributed by atoms with van der Waals surface area (Å²) < 4.78 is 5.41. The Morgan fingerprint density at radius 3 is 2.55 bits per heavy atom. The number of ether oxygens (including phenoxy) is 1. The minimum atomic E-state index is -1.13. The predicted molar refractivity (Wildman–Crippen MR) is 73.9 cm³/mol. The molecule has 0 atom stereocenters. The van der Waals surface area contributed by atoms with Gasteiger partial charge < -0.3 is 15.2 Å². The van der Waals surface area contributed by atoms with Crippen molar-refractivity contribution in [1.82, 2.24) is 5.32 Å². The van der Waals surface area contributed by atoms with Crippen molar-refractivity contribution in [3.05, 3.63) is 29.8 Å². The van der Waals surface area contributed by atoms with Crippen molar-refractivity contribution in [3.8, 4) is 5.75 Å². The van der Waals surface area contributed by atoms with E-state index in [9.17, 15) is 14.7 Å². The topological polar surface area (TPSA) is 75.6 Å². The van der Waals surface area contributed by atoms with Gasteiger partial charge in [-0.25, -0.2) is 4.79 Å². The molecule has 108 valence electrons. The summed E-state index contributed by atoms with van der Waals surface area (Å²) in [5.41, 5.74) is -0.752. The summed E-state index contributed by atoms with van der Waals surface area (Å²) in [5, 5.41) is 12.1. The molecule has 0 unspecified atom stereocenters. The molecule has 0 aromatic heterocycles. The molecule has 1 fully saturated rings. The number of hydrogen-bond donors (Lipinski definition) is 2. The summed E-state index contributed by atoms with van der Waals surface area (Å²) in [5.74, 6) is -0.873. The van der Waals surface area contributed by atoms with Gasteiger partial charge in [-0.05, 0) is 31.9 Å². The van der Waals surface area contributed by atoms with E-state index in [4.69, 9.17) is 4.74 Å². The third-order valence-corrected chi connectivity index (χ3v) is 3.65. The Morgan fingerprint density at radius 2 is 1.95 bits per heavy atom. The highest BCUT2D eigenvalue weighted by atomic mass is 16.5. The summed E-state index contributed by atoms with van der Waals surface area (Å²) >= 11 is 0. The van der Waals surface area contributed by atoms with Crippen LogP contribution in [0.5, 0.6) is 5.75 Å². The molecule has 1 aromatic rings. The van der Waals surface area contributed by atoms with E-state index in [2.05, 4.69) is 5.32 Å². The lowest BCUT2D eigenvalue weighted by atomic mass is 9.97. The summed E-state index contributed by atoms with van der Waals surface area (Å²) in [6, 6.07) is 6.87. The van der Waals surface area contributed by atoms with Gasteiger partial charge in [-0.15, -0.1) is 0 Å². The quantitative estimate of drug-likeness (QED) is 0.865. The third kappa shape index (κ3) is 2.76. The van der Waals surface area contributed by atoms with E-state index < -0.39 is 17.4 Å². The van der Waals surface area contributed by atoms with Gasteiger partial charge in [-0.2, -0.15) is 0 Å². The average Bonchev–Trinajstić information content (AvgIpc) is 2.89. The number of rotatable bonds is 5. The van der Waals surface area contributed by atoms with Crippen molar-refractivity contribution in [3.63, 3.8) is 0 Å². The minimum absolute atomic E-state index is 0.377. The summed E-state index contributed by atoms with van der Waals surface area (Å²) in [6.07, 6.45) is 2.59. The zero-order chi connectivity index (χ0) is 14.6. The standard InChI is InChI=1S/C15H19NO4/c1-2-20-12-8-4-3-7-11(12)13(17)16-15(14(18)19)9-5-6-10-15/h3-4,7-8H,2,5-6,9-10H2,1H3,(H,16,17)(H,18,19). The Hall–Kier alpha value is -2.04. The minimum Gasteiger partial charge on any atom is -0.493 e. The molecular weight excluding hydrogens is 258 g/mol. The molecule has 1 aliphatic carbocycles. The average molecular weight is 277 g/mol. The molecule has 20 heavy (non-hydrogen) atoms. The fourth-order valence-corrected chi connectivity index (χ4v) is 2.59. The third-order valence-electron chi connectivity index (χ3n) is 3.65. The van der Waals surface area contributed by atoms with Crippen molar-refractivity contribution < 1.29 is 19.4 Å².